The van der Waals surface area contributed by atoms with Crippen LogP contribution in [0.3, 0.4) is 0 Å². The summed E-state index contributed by atoms with van der Waals surface area (Å²) >= 11 is 0. The minimum atomic E-state index is -0.422. The molecule has 0 aliphatic carbocycles. The lowest BCUT2D eigenvalue weighted by Gasteiger charge is -2.37. The summed E-state index contributed by atoms with van der Waals surface area (Å²) in [5, 5.41) is 4.54. The highest BCUT2D eigenvalue weighted by atomic mass is 127. The van der Waals surface area contributed by atoms with E-state index in [4.69, 9.17) is 0 Å². The summed E-state index contributed by atoms with van der Waals surface area (Å²) in [4.78, 5) is 15.9. The molecule has 4 rings (SSSR count). The molecule has 2 aromatic heterocycles. The first kappa shape index (κ1) is 22.3. The molecule has 0 amide bonds. The quantitative estimate of drug-likeness (QED) is 0.311. The van der Waals surface area contributed by atoms with Crippen molar-refractivity contribution in [3.63, 3.8) is 0 Å². The number of rotatable bonds is 4. The lowest BCUT2D eigenvalue weighted by molar-refractivity contribution is 0.371. The number of aliphatic imine (C=N–C) groups is 1. The SMILES string of the molecule is CN=C(NCCc1c[nH]c2ncccc12)N1CCN(c2cc(F)ccc2F)CC1.I. The van der Waals surface area contributed by atoms with Gasteiger partial charge in [0.1, 0.15) is 17.3 Å². The molecule has 1 aliphatic rings. The number of benzene rings is 1. The number of nitrogens with one attached hydrogen (secondary N) is 2. The zero-order chi connectivity index (χ0) is 20.2. The molecular weight excluding hydrogens is 501 g/mol. The third kappa shape index (κ3) is 4.82. The average Bonchev–Trinajstić information content (AvgIpc) is 3.16. The highest BCUT2D eigenvalue weighted by Crippen LogP contribution is 2.22. The number of guanidine groups is 1. The van der Waals surface area contributed by atoms with Gasteiger partial charge in [0.05, 0.1) is 5.69 Å². The Labute approximate surface area is 191 Å². The molecule has 0 spiro atoms. The van der Waals surface area contributed by atoms with E-state index in [-0.39, 0.29) is 24.0 Å². The number of anilines is 1. The number of pyridine rings is 1. The predicted molar refractivity (Wildman–Crippen MR) is 127 cm³/mol. The van der Waals surface area contributed by atoms with E-state index in [9.17, 15) is 8.78 Å². The van der Waals surface area contributed by atoms with Crippen molar-refractivity contribution in [3.8, 4) is 0 Å². The lowest BCUT2D eigenvalue weighted by Crippen LogP contribution is -2.53. The van der Waals surface area contributed by atoms with Gasteiger partial charge in [-0.2, -0.15) is 0 Å². The molecule has 1 fully saturated rings. The number of hydrogen-bond donors (Lipinski definition) is 2. The van der Waals surface area contributed by atoms with Crippen LogP contribution in [0.2, 0.25) is 0 Å². The monoisotopic (exact) mass is 526 g/mol. The van der Waals surface area contributed by atoms with E-state index in [1.807, 2.05) is 17.2 Å². The highest BCUT2D eigenvalue weighted by Gasteiger charge is 2.22. The molecule has 1 saturated heterocycles. The number of aromatic nitrogens is 2. The van der Waals surface area contributed by atoms with E-state index < -0.39 is 11.6 Å². The molecule has 9 heteroatoms. The van der Waals surface area contributed by atoms with E-state index in [1.54, 1.807) is 13.2 Å². The molecule has 6 nitrogen and oxygen atoms in total. The summed E-state index contributed by atoms with van der Waals surface area (Å²) in [5.41, 5.74) is 2.43. The molecule has 0 atom stereocenters. The number of aromatic amines is 1. The van der Waals surface area contributed by atoms with Gasteiger partial charge in [-0.3, -0.25) is 4.99 Å². The van der Waals surface area contributed by atoms with Crippen molar-refractivity contribution in [2.24, 2.45) is 4.99 Å². The molecule has 0 bridgehead atoms. The summed E-state index contributed by atoms with van der Waals surface area (Å²) in [7, 11) is 1.76. The van der Waals surface area contributed by atoms with E-state index in [2.05, 4.69) is 31.2 Å². The Morgan fingerprint density at radius 2 is 2.00 bits per heavy atom. The normalized spacial score (nSPS) is 14.7. The van der Waals surface area contributed by atoms with Gasteiger partial charge in [-0.1, -0.05) is 0 Å². The summed E-state index contributed by atoms with van der Waals surface area (Å²) in [5.74, 6) is 0.00620. The van der Waals surface area contributed by atoms with Crippen molar-refractivity contribution in [1.82, 2.24) is 20.2 Å². The van der Waals surface area contributed by atoms with Crippen molar-refractivity contribution in [2.75, 3.05) is 44.7 Å². The fourth-order valence-corrected chi connectivity index (χ4v) is 3.75. The van der Waals surface area contributed by atoms with Crippen LogP contribution < -0.4 is 10.2 Å². The van der Waals surface area contributed by atoms with Crippen LogP contribution in [0.1, 0.15) is 5.56 Å². The van der Waals surface area contributed by atoms with Gasteiger partial charge < -0.3 is 20.1 Å². The second-order valence-corrected chi connectivity index (χ2v) is 7.01. The van der Waals surface area contributed by atoms with Crippen molar-refractivity contribution < 1.29 is 8.78 Å². The standard InChI is InChI=1S/C21H24F2N6.HI/c1-24-21(26-8-6-15-14-27-20-17(15)3-2-7-25-20)29-11-9-28(10-12-29)19-13-16(22)4-5-18(19)23;/h2-5,7,13-14H,6,8-12H2,1H3,(H,24,26)(H,25,27);1H. The zero-order valence-electron chi connectivity index (χ0n) is 16.7. The van der Waals surface area contributed by atoms with Crippen LogP contribution >= 0.6 is 24.0 Å². The van der Waals surface area contributed by atoms with Crippen LogP contribution in [0.4, 0.5) is 14.5 Å². The summed E-state index contributed by atoms with van der Waals surface area (Å²) < 4.78 is 27.5. The predicted octanol–water partition coefficient (Wildman–Crippen LogP) is 3.40. The minimum absolute atomic E-state index is 0. The van der Waals surface area contributed by atoms with E-state index in [0.717, 1.165) is 36.0 Å². The Morgan fingerprint density at radius 1 is 1.20 bits per heavy atom. The van der Waals surface area contributed by atoms with Crippen LogP contribution in [-0.4, -0.2) is 60.6 Å². The van der Waals surface area contributed by atoms with Gasteiger partial charge in [-0.25, -0.2) is 13.8 Å². The van der Waals surface area contributed by atoms with E-state index in [1.165, 1.54) is 17.7 Å². The maximum Gasteiger partial charge on any atom is 0.193 e. The Bertz CT molecular complexity index is 1010. The van der Waals surface area contributed by atoms with Gasteiger partial charge in [0.25, 0.3) is 0 Å². The molecule has 30 heavy (non-hydrogen) atoms. The molecule has 0 saturated carbocycles. The smallest absolute Gasteiger partial charge is 0.193 e. The number of hydrogen-bond acceptors (Lipinski definition) is 3. The van der Waals surface area contributed by atoms with Crippen LogP contribution in [0.15, 0.2) is 47.7 Å². The molecule has 160 valence electrons. The molecule has 3 aromatic rings. The third-order valence-electron chi connectivity index (χ3n) is 5.25. The number of nitrogens with zero attached hydrogens (tertiary/aromatic N) is 4. The first-order chi connectivity index (χ1) is 14.2. The Kier molecular flexibility index (Phi) is 7.46. The molecule has 0 radical (unpaired) electrons. The zero-order valence-corrected chi connectivity index (χ0v) is 19.1. The molecule has 3 heterocycles. The van der Waals surface area contributed by atoms with Crippen LogP contribution in [0, 0.1) is 11.6 Å². The Hall–Kier alpha value is -2.43. The van der Waals surface area contributed by atoms with Gasteiger partial charge in [-0.05, 0) is 36.2 Å². The number of fused-ring (bicyclic) bond motifs is 1. The first-order valence-electron chi connectivity index (χ1n) is 9.72. The molecule has 1 aromatic carbocycles. The van der Waals surface area contributed by atoms with Crippen LogP contribution in [-0.2, 0) is 6.42 Å². The first-order valence-corrected chi connectivity index (χ1v) is 9.72. The van der Waals surface area contributed by atoms with Crippen molar-refractivity contribution >= 4 is 46.7 Å². The molecule has 0 unspecified atom stereocenters. The summed E-state index contributed by atoms with van der Waals surface area (Å²) in [6, 6.07) is 7.58. The number of halogens is 3. The maximum absolute atomic E-state index is 14.0. The summed E-state index contributed by atoms with van der Waals surface area (Å²) in [6.07, 6.45) is 4.62. The molecular formula is C21H25F2IN6. The second-order valence-electron chi connectivity index (χ2n) is 7.01. The average molecular weight is 526 g/mol. The van der Waals surface area contributed by atoms with Gasteiger partial charge in [0, 0.05) is 63.6 Å². The highest BCUT2D eigenvalue weighted by molar-refractivity contribution is 14.0. The fraction of sp³-hybridized carbons (Fsp3) is 0.333. The van der Waals surface area contributed by atoms with Crippen molar-refractivity contribution in [2.45, 2.75) is 6.42 Å². The number of H-pyrrole nitrogens is 1. The topological polar surface area (TPSA) is 59.6 Å². The second kappa shape index (κ2) is 10.1. The van der Waals surface area contributed by atoms with Gasteiger partial charge in [-0.15, -0.1) is 24.0 Å². The number of piperazine rings is 1. The van der Waals surface area contributed by atoms with Crippen molar-refractivity contribution in [3.05, 3.63) is 59.9 Å². The largest absolute Gasteiger partial charge is 0.366 e. The molecule has 2 N–H and O–H groups in total. The fourth-order valence-electron chi connectivity index (χ4n) is 3.75. The van der Waals surface area contributed by atoms with Crippen molar-refractivity contribution in [1.29, 1.82) is 0 Å². The van der Waals surface area contributed by atoms with Gasteiger partial charge in [0.2, 0.25) is 0 Å². The summed E-state index contributed by atoms with van der Waals surface area (Å²) in [6.45, 7) is 3.33. The van der Waals surface area contributed by atoms with Crippen LogP contribution in [0.25, 0.3) is 11.0 Å². The minimum Gasteiger partial charge on any atom is -0.366 e. The van der Waals surface area contributed by atoms with Crippen LogP contribution in [0.5, 0.6) is 0 Å². The Morgan fingerprint density at radius 3 is 2.77 bits per heavy atom. The Balaban J connectivity index is 0.00000256. The maximum atomic E-state index is 14.0. The molecule has 1 aliphatic heterocycles. The van der Waals surface area contributed by atoms with Gasteiger partial charge in [0.15, 0.2) is 5.96 Å². The third-order valence-corrected chi connectivity index (χ3v) is 5.25. The van der Waals surface area contributed by atoms with Gasteiger partial charge >= 0.3 is 0 Å². The van der Waals surface area contributed by atoms with E-state index in [0.29, 0.717) is 31.9 Å². The van der Waals surface area contributed by atoms with E-state index >= 15 is 0 Å². The lowest BCUT2D eigenvalue weighted by atomic mass is 10.1.